The molecule has 0 spiro atoms. The molecule has 1 amide bonds. The monoisotopic (exact) mass is 360 g/mol. The van der Waals surface area contributed by atoms with Gasteiger partial charge in [0.2, 0.25) is 0 Å². The largest absolute Gasteiger partial charge is 0.471 e. The molecule has 2 aromatic rings. The van der Waals surface area contributed by atoms with Crippen LogP contribution in [0.3, 0.4) is 0 Å². The maximum Gasteiger partial charge on any atom is 0.471 e. The van der Waals surface area contributed by atoms with Gasteiger partial charge in [0.1, 0.15) is 5.66 Å². The van der Waals surface area contributed by atoms with Crippen molar-refractivity contribution in [3.8, 4) is 0 Å². The van der Waals surface area contributed by atoms with E-state index in [4.69, 9.17) is 0 Å². The third-order valence-corrected chi connectivity index (χ3v) is 5.68. The average molecular weight is 360 g/mol. The fourth-order valence-electron chi connectivity index (χ4n) is 4.60. The molecular formula is C20H19F3N2O. The van der Waals surface area contributed by atoms with E-state index in [1.54, 1.807) is 0 Å². The van der Waals surface area contributed by atoms with Crippen molar-refractivity contribution in [1.82, 2.24) is 5.32 Å². The van der Waals surface area contributed by atoms with Gasteiger partial charge in [0.05, 0.1) is 0 Å². The first-order valence-electron chi connectivity index (χ1n) is 8.69. The lowest BCUT2D eigenvalue weighted by atomic mass is 9.87. The molecule has 1 aliphatic heterocycles. The van der Waals surface area contributed by atoms with Gasteiger partial charge in [-0.05, 0) is 42.5 Å². The Hall–Kier alpha value is -2.50. The minimum absolute atomic E-state index is 0.133. The molecule has 1 N–H and O–H groups in total. The number of halogens is 3. The van der Waals surface area contributed by atoms with Crippen LogP contribution in [0.2, 0.25) is 0 Å². The number of para-hydroxylation sites is 2. The Labute approximate surface area is 149 Å². The van der Waals surface area contributed by atoms with E-state index in [1.165, 1.54) is 0 Å². The van der Waals surface area contributed by atoms with Gasteiger partial charge in [-0.15, -0.1) is 0 Å². The molecule has 0 radical (unpaired) electrons. The molecule has 4 rings (SSSR count). The summed E-state index contributed by atoms with van der Waals surface area (Å²) in [4.78, 5) is 13.9. The molecule has 2 aliphatic rings. The molecule has 1 fully saturated rings. The summed E-state index contributed by atoms with van der Waals surface area (Å²) in [6, 6.07) is 16.9. The van der Waals surface area contributed by atoms with Crippen LogP contribution >= 0.6 is 0 Å². The summed E-state index contributed by atoms with van der Waals surface area (Å²) in [5.41, 5.74) is 1.51. The highest BCUT2D eigenvalue weighted by atomic mass is 19.4. The van der Waals surface area contributed by atoms with Crippen LogP contribution in [0.4, 0.5) is 24.5 Å². The van der Waals surface area contributed by atoms with Crippen molar-refractivity contribution in [3.63, 3.8) is 0 Å². The van der Waals surface area contributed by atoms with E-state index >= 15 is 0 Å². The van der Waals surface area contributed by atoms with E-state index < -0.39 is 17.7 Å². The summed E-state index contributed by atoms with van der Waals surface area (Å²) < 4.78 is 39.3. The average Bonchev–Trinajstić information content (AvgIpc) is 3.07. The van der Waals surface area contributed by atoms with Crippen LogP contribution in [0.25, 0.3) is 0 Å². The summed E-state index contributed by atoms with van der Waals surface area (Å²) in [7, 11) is 0. The number of amides is 1. The number of carbonyl (C=O) groups excluding carboxylic acids is 1. The minimum Gasteiger partial charge on any atom is -0.324 e. The van der Waals surface area contributed by atoms with Crippen LogP contribution in [0.5, 0.6) is 0 Å². The molecule has 1 heterocycles. The second-order valence-electron chi connectivity index (χ2n) is 7.04. The number of hydrogen-bond donors (Lipinski definition) is 1. The fourth-order valence-corrected chi connectivity index (χ4v) is 4.60. The van der Waals surface area contributed by atoms with E-state index in [2.05, 4.69) is 5.32 Å². The zero-order valence-electron chi connectivity index (χ0n) is 14.3. The third kappa shape index (κ3) is 2.31. The van der Waals surface area contributed by atoms with Crippen molar-refractivity contribution in [2.75, 3.05) is 4.90 Å². The molecular weight excluding hydrogens is 341 g/mol. The van der Waals surface area contributed by atoms with Gasteiger partial charge in [0, 0.05) is 17.3 Å². The maximum atomic E-state index is 13.1. The molecule has 136 valence electrons. The lowest BCUT2D eigenvalue weighted by Crippen LogP contribution is -2.63. The smallest absolute Gasteiger partial charge is 0.324 e. The summed E-state index contributed by atoms with van der Waals surface area (Å²) in [5.74, 6) is -2.20. The Kier molecular flexibility index (Phi) is 3.75. The van der Waals surface area contributed by atoms with Crippen LogP contribution in [0.15, 0.2) is 54.6 Å². The first kappa shape index (κ1) is 16.9. The van der Waals surface area contributed by atoms with Crippen molar-refractivity contribution in [2.24, 2.45) is 5.92 Å². The molecule has 3 atom stereocenters. The van der Waals surface area contributed by atoms with Gasteiger partial charge in [0.15, 0.2) is 0 Å². The second kappa shape index (κ2) is 5.76. The predicted octanol–water partition coefficient (Wildman–Crippen LogP) is 4.73. The number of alkyl halides is 3. The number of benzene rings is 2. The quantitative estimate of drug-likeness (QED) is 0.840. The number of anilines is 2. The molecule has 0 saturated heterocycles. The second-order valence-corrected chi connectivity index (χ2v) is 7.04. The van der Waals surface area contributed by atoms with E-state index in [9.17, 15) is 18.0 Å². The van der Waals surface area contributed by atoms with E-state index in [0.717, 1.165) is 29.8 Å². The normalized spacial score (nSPS) is 27.2. The van der Waals surface area contributed by atoms with Crippen LogP contribution < -0.4 is 10.2 Å². The molecule has 2 aromatic carbocycles. The Morgan fingerprint density at radius 3 is 2.42 bits per heavy atom. The standard InChI is InChI=1S/C20H19F3N2O/c1-13-11-12-16-15-9-5-6-10-17(15)25(14-7-3-2-4-8-14)19(13,16)24-18(26)20(21,22)23/h2-10,13,16H,11-12H2,1H3,(H,24,26)/t13-,16+,19+/m1/s1. The molecule has 0 aromatic heterocycles. The highest BCUT2D eigenvalue weighted by Crippen LogP contribution is 2.59. The van der Waals surface area contributed by atoms with Crippen molar-refractivity contribution in [1.29, 1.82) is 0 Å². The van der Waals surface area contributed by atoms with Crippen molar-refractivity contribution in [2.45, 2.75) is 37.5 Å². The number of carbonyl (C=O) groups is 1. The zero-order valence-corrected chi connectivity index (χ0v) is 14.3. The molecule has 1 aliphatic carbocycles. The van der Waals surface area contributed by atoms with Gasteiger partial charge in [0.25, 0.3) is 0 Å². The molecule has 1 saturated carbocycles. The van der Waals surface area contributed by atoms with Crippen LogP contribution in [0.1, 0.15) is 31.2 Å². The topological polar surface area (TPSA) is 32.3 Å². The Bertz CT molecular complexity index is 836. The van der Waals surface area contributed by atoms with Gasteiger partial charge in [-0.25, -0.2) is 0 Å². The minimum atomic E-state index is -4.92. The molecule has 0 bridgehead atoms. The SMILES string of the molecule is C[C@@H]1CC[C@H]2c3ccccc3N(c3ccccc3)[C@@]12NC(=O)C(F)(F)F. The number of fused-ring (bicyclic) bond motifs is 3. The highest BCUT2D eigenvalue weighted by molar-refractivity contribution is 5.86. The van der Waals surface area contributed by atoms with Crippen LogP contribution in [0, 0.1) is 5.92 Å². The number of rotatable bonds is 2. The number of nitrogens with zero attached hydrogens (tertiary/aromatic N) is 1. The number of hydrogen-bond acceptors (Lipinski definition) is 2. The van der Waals surface area contributed by atoms with Gasteiger partial charge >= 0.3 is 12.1 Å². The summed E-state index contributed by atoms with van der Waals surface area (Å²) in [6.07, 6.45) is -3.43. The van der Waals surface area contributed by atoms with Gasteiger partial charge in [-0.3, -0.25) is 4.79 Å². The van der Waals surface area contributed by atoms with E-state index in [0.29, 0.717) is 0 Å². The zero-order chi connectivity index (χ0) is 18.5. The Morgan fingerprint density at radius 1 is 1.08 bits per heavy atom. The Morgan fingerprint density at radius 2 is 1.73 bits per heavy atom. The van der Waals surface area contributed by atoms with Crippen LogP contribution in [-0.4, -0.2) is 17.7 Å². The van der Waals surface area contributed by atoms with Gasteiger partial charge < -0.3 is 10.2 Å². The van der Waals surface area contributed by atoms with E-state index in [1.807, 2.05) is 66.4 Å². The van der Waals surface area contributed by atoms with Crippen molar-refractivity contribution in [3.05, 3.63) is 60.2 Å². The maximum absolute atomic E-state index is 13.1. The number of nitrogens with one attached hydrogen (secondary N) is 1. The summed E-state index contributed by atoms with van der Waals surface area (Å²) in [6.45, 7) is 1.92. The van der Waals surface area contributed by atoms with Crippen molar-refractivity contribution >= 4 is 17.3 Å². The van der Waals surface area contributed by atoms with Gasteiger partial charge in [-0.2, -0.15) is 13.2 Å². The molecule has 26 heavy (non-hydrogen) atoms. The highest BCUT2D eigenvalue weighted by Gasteiger charge is 2.61. The molecule has 0 unspecified atom stereocenters. The van der Waals surface area contributed by atoms with Crippen molar-refractivity contribution < 1.29 is 18.0 Å². The summed E-state index contributed by atoms with van der Waals surface area (Å²) in [5, 5.41) is 2.40. The Balaban J connectivity index is 1.91. The summed E-state index contributed by atoms with van der Waals surface area (Å²) >= 11 is 0. The van der Waals surface area contributed by atoms with E-state index in [-0.39, 0.29) is 11.8 Å². The molecule has 3 nitrogen and oxygen atoms in total. The third-order valence-electron chi connectivity index (χ3n) is 5.68. The first-order chi connectivity index (χ1) is 12.4. The fraction of sp³-hybridized carbons (Fsp3) is 0.350. The lowest BCUT2D eigenvalue weighted by molar-refractivity contribution is -0.176. The van der Waals surface area contributed by atoms with Gasteiger partial charge in [-0.1, -0.05) is 43.3 Å². The predicted molar refractivity (Wildman–Crippen MR) is 93.1 cm³/mol. The first-order valence-corrected chi connectivity index (χ1v) is 8.69. The molecule has 6 heteroatoms. The lowest BCUT2D eigenvalue weighted by Gasteiger charge is -2.44. The van der Waals surface area contributed by atoms with Crippen LogP contribution in [-0.2, 0) is 4.79 Å².